The summed E-state index contributed by atoms with van der Waals surface area (Å²) in [6.07, 6.45) is 5.63. The molecule has 0 heterocycles. The van der Waals surface area contributed by atoms with Crippen LogP contribution >= 0.6 is 0 Å². The van der Waals surface area contributed by atoms with Crippen molar-refractivity contribution in [2.45, 2.75) is 58.3 Å². The second kappa shape index (κ2) is 6.07. The summed E-state index contributed by atoms with van der Waals surface area (Å²) in [6.45, 7) is 6.15. The summed E-state index contributed by atoms with van der Waals surface area (Å²) >= 11 is 0. The molecule has 2 atom stereocenters. The van der Waals surface area contributed by atoms with Gasteiger partial charge in [-0.25, -0.2) is 4.39 Å². The minimum atomic E-state index is -0.520. The molecule has 2 unspecified atom stereocenters. The van der Waals surface area contributed by atoms with Crippen LogP contribution in [0.25, 0.3) is 0 Å². The number of carbonyl (C=O) groups is 1. The van der Waals surface area contributed by atoms with Crippen LogP contribution in [0, 0.1) is 17.7 Å². The van der Waals surface area contributed by atoms with E-state index in [-0.39, 0.29) is 11.7 Å². The Hall–Kier alpha value is -1.18. The molecule has 110 valence electrons. The van der Waals surface area contributed by atoms with Gasteiger partial charge in [0, 0.05) is 11.3 Å². The summed E-state index contributed by atoms with van der Waals surface area (Å²) in [7, 11) is 0. The lowest BCUT2D eigenvalue weighted by molar-refractivity contribution is -0.129. The molecular formula is C18H25FO. The molecule has 2 heteroatoms. The number of halogens is 1. The van der Waals surface area contributed by atoms with Crippen molar-refractivity contribution >= 4 is 5.78 Å². The molecule has 1 aliphatic rings. The summed E-state index contributed by atoms with van der Waals surface area (Å²) in [6, 6.07) is 6.38. The van der Waals surface area contributed by atoms with E-state index in [1.807, 2.05) is 13.8 Å². The van der Waals surface area contributed by atoms with E-state index in [2.05, 4.69) is 6.92 Å². The van der Waals surface area contributed by atoms with Gasteiger partial charge in [-0.1, -0.05) is 38.3 Å². The molecule has 0 spiro atoms. The Labute approximate surface area is 121 Å². The Morgan fingerprint density at radius 3 is 2.50 bits per heavy atom. The van der Waals surface area contributed by atoms with Crippen molar-refractivity contribution in [1.82, 2.24) is 0 Å². The average molecular weight is 276 g/mol. The van der Waals surface area contributed by atoms with Crippen molar-refractivity contribution in [3.63, 3.8) is 0 Å². The molecule has 2 rings (SSSR count). The highest BCUT2D eigenvalue weighted by Crippen LogP contribution is 2.37. The normalized spacial score (nSPS) is 23.6. The Kier molecular flexibility index (Phi) is 4.62. The largest absolute Gasteiger partial charge is 0.298 e. The molecule has 1 aromatic rings. The first kappa shape index (κ1) is 15.2. The number of Topliss-reactive ketones (excluding diaryl/α,β-unsaturated/α-hetero) is 1. The van der Waals surface area contributed by atoms with Crippen molar-refractivity contribution in [3.8, 4) is 0 Å². The summed E-state index contributed by atoms with van der Waals surface area (Å²) in [5.41, 5.74) is 0.399. The van der Waals surface area contributed by atoms with Gasteiger partial charge in [-0.15, -0.1) is 0 Å². The molecule has 20 heavy (non-hydrogen) atoms. The first-order valence-corrected chi connectivity index (χ1v) is 7.75. The predicted octanol–water partition coefficient (Wildman–Crippen LogP) is 4.89. The molecule has 0 saturated heterocycles. The fourth-order valence-corrected chi connectivity index (χ4v) is 3.42. The highest BCUT2D eigenvalue weighted by molar-refractivity contribution is 5.91. The zero-order chi connectivity index (χ0) is 14.8. The van der Waals surface area contributed by atoms with Crippen molar-refractivity contribution in [1.29, 1.82) is 0 Å². The summed E-state index contributed by atoms with van der Waals surface area (Å²) < 4.78 is 13.0. The molecule has 1 saturated carbocycles. The van der Waals surface area contributed by atoms with Gasteiger partial charge < -0.3 is 0 Å². The Morgan fingerprint density at radius 1 is 1.25 bits per heavy atom. The van der Waals surface area contributed by atoms with Crippen LogP contribution in [0.3, 0.4) is 0 Å². The fourth-order valence-electron chi connectivity index (χ4n) is 3.42. The number of hydrogen-bond donors (Lipinski definition) is 0. The van der Waals surface area contributed by atoms with Crippen LogP contribution in [-0.2, 0) is 10.2 Å². The summed E-state index contributed by atoms with van der Waals surface area (Å²) in [5.74, 6) is 0.943. The first-order valence-electron chi connectivity index (χ1n) is 7.75. The SMILES string of the molecule is CCC1CCCC(C(=O)C(C)(C)c2ccc(F)cc2)C1. The van der Waals surface area contributed by atoms with Gasteiger partial charge in [-0.3, -0.25) is 4.79 Å². The lowest BCUT2D eigenvalue weighted by Gasteiger charge is -2.33. The maximum absolute atomic E-state index is 13.0. The van der Waals surface area contributed by atoms with Crippen LogP contribution in [0.15, 0.2) is 24.3 Å². The summed E-state index contributed by atoms with van der Waals surface area (Å²) in [5, 5.41) is 0. The second-order valence-electron chi connectivity index (χ2n) is 6.63. The average Bonchev–Trinajstić information content (AvgIpc) is 2.47. The second-order valence-corrected chi connectivity index (χ2v) is 6.63. The predicted molar refractivity (Wildman–Crippen MR) is 80.2 cm³/mol. The van der Waals surface area contributed by atoms with E-state index >= 15 is 0 Å². The third-order valence-electron chi connectivity index (χ3n) is 4.91. The van der Waals surface area contributed by atoms with E-state index in [1.54, 1.807) is 12.1 Å². The van der Waals surface area contributed by atoms with Crippen LogP contribution in [0.4, 0.5) is 4.39 Å². The molecule has 1 nitrogen and oxygen atoms in total. The van der Waals surface area contributed by atoms with Crippen molar-refractivity contribution < 1.29 is 9.18 Å². The maximum Gasteiger partial charge on any atom is 0.145 e. The van der Waals surface area contributed by atoms with Gasteiger partial charge >= 0.3 is 0 Å². The lowest BCUT2D eigenvalue weighted by Crippen LogP contribution is -2.37. The van der Waals surface area contributed by atoms with E-state index in [0.29, 0.717) is 11.7 Å². The van der Waals surface area contributed by atoms with Crippen molar-refractivity contribution in [2.24, 2.45) is 11.8 Å². The third kappa shape index (κ3) is 3.11. The van der Waals surface area contributed by atoms with Gasteiger partial charge in [0.1, 0.15) is 11.6 Å². The van der Waals surface area contributed by atoms with Crippen LogP contribution in [-0.4, -0.2) is 5.78 Å². The van der Waals surface area contributed by atoms with Gasteiger partial charge in [0.25, 0.3) is 0 Å². The number of benzene rings is 1. The van der Waals surface area contributed by atoms with E-state index < -0.39 is 5.41 Å². The standard InChI is InChI=1S/C18H25FO/c1-4-13-6-5-7-14(12-13)17(20)18(2,3)15-8-10-16(19)11-9-15/h8-11,13-14H,4-7,12H2,1-3H3. The van der Waals surface area contributed by atoms with E-state index in [1.165, 1.54) is 25.0 Å². The number of ketones is 1. The minimum Gasteiger partial charge on any atom is -0.298 e. The lowest BCUT2D eigenvalue weighted by atomic mass is 9.69. The van der Waals surface area contributed by atoms with Gasteiger partial charge in [0.15, 0.2) is 0 Å². The molecule has 1 aliphatic carbocycles. The quantitative estimate of drug-likeness (QED) is 0.765. The van der Waals surface area contributed by atoms with Crippen molar-refractivity contribution in [2.75, 3.05) is 0 Å². The maximum atomic E-state index is 13.0. The molecule has 0 bridgehead atoms. The Balaban J connectivity index is 2.16. The number of carbonyl (C=O) groups excluding carboxylic acids is 1. The Morgan fingerprint density at radius 2 is 1.90 bits per heavy atom. The number of rotatable bonds is 4. The molecule has 1 aromatic carbocycles. The smallest absolute Gasteiger partial charge is 0.145 e. The monoisotopic (exact) mass is 276 g/mol. The number of hydrogen-bond acceptors (Lipinski definition) is 1. The van der Waals surface area contributed by atoms with Gasteiger partial charge in [-0.05, 0) is 50.3 Å². The molecular weight excluding hydrogens is 251 g/mol. The zero-order valence-corrected chi connectivity index (χ0v) is 12.8. The van der Waals surface area contributed by atoms with Gasteiger partial charge in [0.05, 0.1) is 0 Å². The third-order valence-corrected chi connectivity index (χ3v) is 4.91. The van der Waals surface area contributed by atoms with E-state index in [4.69, 9.17) is 0 Å². The minimum absolute atomic E-state index is 0.175. The Bertz CT molecular complexity index is 461. The zero-order valence-electron chi connectivity index (χ0n) is 12.8. The highest BCUT2D eigenvalue weighted by Gasteiger charge is 2.37. The first-order chi connectivity index (χ1) is 9.45. The van der Waals surface area contributed by atoms with Crippen LogP contribution in [0.1, 0.15) is 58.4 Å². The molecule has 1 fully saturated rings. The van der Waals surface area contributed by atoms with Crippen LogP contribution in [0.2, 0.25) is 0 Å². The summed E-state index contributed by atoms with van der Waals surface area (Å²) in [4.78, 5) is 12.9. The molecule has 0 aromatic heterocycles. The van der Waals surface area contributed by atoms with Crippen LogP contribution in [0.5, 0.6) is 0 Å². The fraction of sp³-hybridized carbons (Fsp3) is 0.611. The van der Waals surface area contributed by atoms with Crippen molar-refractivity contribution in [3.05, 3.63) is 35.6 Å². The van der Waals surface area contributed by atoms with Gasteiger partial charge in [-0.2, -0.15) is 0 Å². The molecule has 0 radical (unpaired) electrons. The van der Waals surface area contributed by atoms with E-state index in [0.717, 1.165) is 24.8 Å². The highest BCUT2D eigenvalue weighted by atomic mass is 19.1. The van der Waals surface area contributed by atoms with Gasteiger partial charge in [0.2, 0.25) is 0 Å². The molecule has 0 amide bonds. The molecule has 0 N–H and O–H groups in total. The van der Waals surface area contributed by atoms with Crippen LogP contribution < -0.4 is 0 Å². The topological polar surface area (TPSA) is 17.1 Å². The van der Waals surface area contributed by atoms with E-state index in [9.17, 15) is 9.18 Å². The molecule has 0 aliphatic heterocycles.